The van der Waals surface area contributed by atoms with Crippen LogP contribution >= 0.6 is 15.9 Å². The van der Waals surface area contributed by atoms with Crippen LogP contribution in [0.2, 0.25) is 0 Å². The fourth-order valence-corrected chi connectivity index (χ4v) is 4.66. The summed E-state index contributed by atoms with van der Waals surface area (Å²) in [5.41, 5.74) is 1.22. The topological polar surface area (TPSA) is 111 Å². The van der Waals surface area contributed by atoms with Crippen LogP contribution in [0, 0.1) is 13.8 Å². The molecular formula is C27H24BrF3N6O3. The number of ether oxygens (including phenoxy) is 1. The number of rotatable bonds is 7. The molecule has 9 nitrogen and oxygen atoms in total. The van der Waals surface area contributed by atoms with Crippen molar-refractivity contribution in [2.45, 2.75) is 39.1 Å². The lowest BCUT2D eigenvalue weighted by Crippen LogP contribution is -2.39. The van der Waals surface area contributed by atoms with Crippen molar-refractivity contribution in [3.63, 3.8) is 0 Å². The van der Waals surface area contributed by atoms with Crippen molar-refractivity contribution in [2.24, 2.45) is 0 Å². The Labute approximate surface area is 235 Å². The highest BCUT2D eigenvalue weighted by molar-refractivity contribution is 9.10. The first-order valence-electron chi connectivity index (χ1n) is 12.4. The van der Waals surface area contributed by atoms with Crippen LogP contribution in [0.25, 0.3) is 10.9 Å². The number of hydrogen-bond acceptors (Lipinski definition) is 6. The van der Waals surface area contributed by atoms with E-state index in [0.29, 0.717) is 46.0 Å². The highest BCUT2D eigenvalue weighted by atomic mass is 79.9. The van der Waals surface area contributed by atoms with Crippen molar-refractivity contribution in [1.29, 1.82) is 0 Å². The van der Waals surface area contributed by atoms with Crippen molar-refractivity contribution < 1.29 is 27.5 Å². The van der Waals surface area contributed by atoms with Crippen LogP contribution < -0.4 is 10.6 Å². The zero-order valence-corrected chi connectivity index (χ0v) is 23.1. The van der Waals surface area contributed by atoms with Gasteiger partial charge in [0, 0.05) is 29.2 Å². The number of fused-ring (bicyclic) bond motifs is 1. The molecule has 3 aromatic heterocycles. The highest BCUT2D eigenvalue weighted by Gasteiger charge is 2.34. The minimum absolute atomic E-state index is 0.0480. The number of nitrogens with one attached hydrogen (secondary N) is 2. The average Bonchev–Trinajstić information content (AvgIpc) is 3.14. The molecule has 2 N–H and O–H groups in total. The van der Waals surface area contributed by atoms with Gasteiger partial charge in [-0.1, -0.05) is 15.9 Å². The first kappa shape index (κ1) is 27.7. The van der Waals surface area contributed by atoms with Gasteiger partial charge in [-0.25, -0.2) is 4.98 Å². The summed E-state index contributed by atoms with van der Waals surface area (Å²) in [7, 11) is 0. The molecule has 1 aromatic carbocycles. The van der Waals surface area contributed by atoms with Gasteiger partial charge in [-0.15, -0.1) is 0 Å². The van der Waals surface area contributed by atoms with Gasteiger partial charge in [-0.2, -0.15) is 18.3 Å². The minimum atomic E-state index is -4.72. The molecule has 1 aliphatic rings. The summed E-state index contributed by atoms with van der Waals surface area (Å²) in [5.74, 6) is -0.961. The third-order valence-corrected chi connectivity index (χ3v) is 7.10. The molecule has 0 radical (unpaired) electrons. The number of pyridine rings is 2. The summed E-state index contributed by atoms with van der Waals surface area (Å²) < 4.78 is 48.1. The largest absolute Gasteiger partial charge is 0.433 e. The lowest BCUT2D eigenvalue weighted by molar-refractivity contribution is -0.141. The molecule has 0 saturated carbocycles. The van der Waals surface area contributed by atoms with Gasteiger partial charge in [-0.05, 0) is 56.7 Å². The fraction of sp³-hybridized carbons (Fsp3) is 0.296. The maximum Gasteiger partial charge on any atom is 0.433 e. The molecule has 0 bridgehead atoms. The quantitative estimate of drug-likeness (QED) is 0.301. The smallest absolute Gasteiger partial charge is 0.376 e. The molecular weight excluding hydrogens is 593 g/mol. The van der Waals surface area contributed by atoms with Crippen LogP contribution in [-0.4, -0.2) is 50.8 Å². The first-order chi connectivity index (χ1) is 19.0. The molecule has 208 valence electrons. The fourth-order valence-electron chi connectivity index (χ4n) is 4.30. The second-order valence-electron chi connectivity index (χ2n) is 9.40. The van der Waals surface area contributed by atoms with Crippen LogP contribution in [0.5, 0.6) is 0 Å². The summed E-state index contributed by atoms with van der Waals surface area (Å²) in [6.07, 6.45) is -2.26. The molecule has 1 aliphatic heterocycles. The molecule has 1 unspecified atom stereocenters. The molecule has 1 saturated heterocycles. The van der Waals surface area contributed by atoms with E-state index in [0.717, 1.165) is 12.5 Å². The Hall–Kier alpha value is -3.84. The number of nitrogens with zero attached hydrogens (tertiary/aromatic N) is 4. The maximum absolute atomic E-state index is 13.5. The number of amides is 2. The number of halogens is 4. The summed E-state index contributed by atoms with van der Waals surface area (Å²) in [6.45, 7) is 4.84. The van der Waals surface area contributed by atoms with Crippen molar-refractivity contribution in [2.75, 3.05) is 18.5 Å². The molecule has 5 rings (SSSR count). The average molecular weight is 617 g/mol. The van der Waals surface area contributed by atoms with Crippen molar-refractivity contribution in [1.82, 2.24) is 25.1 Å². The summed E-state index contributed by atoms with van der Waals surface area (Å²) in [5, 5.41) is 10.3. The van der Waals surface area contributed by atoms with E-state index in [1.54, 1.807) is 42.8 Å². The van der Waals surface area contributed by atoms with Gasteiger partial charge in [0.2, 0.25) is 0 Å². The maximum atomic E-state index is 13.5. The zero-order valence-electron chi connectivity index (χ0n) is 21.5. The van der Waals surface area contributed by atoms with E-state index in [1.165, 1.54) is 12.3 Å². The van der Waals surface area contributed by atoms with Crippen LogP contribution in [0.1, 0.15) is 49.9 Å². The minimum Gasteiger partial charge on any atom is -0.376 e. The zero-order chi connectivity index (χ0) is 28.6. The number of aromatic nitrogens is 4. The third-order valence-electron chi connectivity index (χ3n) is 6.61. The van der Waals surface area contributed by atoms with Crippen LogP contribution in [0.3, 0.4) is 0 Å². The highest BCUT2D eigenvalue weighted by Crippen LogP contribution is 2.32. The molecule has 0 aliphatic carbocycles. The Balaban J connectivity index is 1.34. The van der Waals surface area contributed by atoms with E-state index < -0.39 is 17.8 Å². The van der Waals surface area contributed by atoms with E-state index in [1.807, 2.05) is 0 Å². The number of anilines is 1. The molecule has 1 fully saturated rings. The summed E-state index contributed by atoms with van der Waals surface area (Å²) in [4.78, 5) is 33.7. The molecule has 4 heterocycles. The van der Waals surface area contributed by atoms with E-state index in [4.69, 9.17) is 4.74 Å². The molecule has 1 atom stereocenters. The van der Waals surface area contributed by atoms with Gasteiger partial charge in [0.1, 0.15) is 5.69 Å². The van der Waals surface area contributed by atoms with E-state index in [2.05, 4.69) is 41.6 Å². The van der Waals surface area contributed by atoms with Crippen molar-refractivity contribution in [3.05, 3.63) is 81.0 Å². The number of hydrogen-bond donors (Lipinski definition) is 2. The van der Waals surface area contributed by atoms with Crippen molar-refractivity contribution in [3.8, 4) is 0 Å². The Bertz CT molecular complexity index is 1600. The lowest BCUT2D eigenvalue weighted by Gasteiger charge is -2.26. The van der Waals surface area contributed by atoms with Gasteiger partial charge >= 0.3 is 6.18 Å². The Kier molecular flexibility index (Phi) is 7.60. The van der Waals surface area contributed by atoms with Crippen LogP contribution in [0.4, 0.5) is 18.9 Å². The Morgan fingerprint density at radius 2 is 1.93 bits per heavy atom. The van der Waals surface area contributed by atoms with E-state index in [-0.39, 0.29) is 35.0 Å². The SMILES string of the molecule is Cc1nn(Cc2ccc(C(=O)NCC3CCO3)cn2)c(C)c1NC(=O)c1cc(C(F)(F)F)nc2ccc(Br)cc12. The molecule has 40 heavy (non-hydrogen) atoms. The van der Waals surface area contributed by atoms with Crippen LogP contribution in [-0.2, 0) is 17.5 Å². The van der Waals surface area contributed by atoms with Crippen LogP contribution in [0.15, 0.2) is 47.1 Å². The number of carbonyl (C=O) groups excluding carboxylic acids is 2. The first-order valence-corrected chi connectivity index (χ1v) is 13.2. The second kappa shape index (κ2) is 11.0. The predicted octanol–water partition coefficient (Wildman–Crippen LogP) is 5.04. The van der Waals surface area contributed by atoms with E-state index >= 15 is 0 Å². The molecule has 0 spiro atoms. The third kappa shape index (κ3) is 5.85. The second-order valence-corrected chi connectivity index (χ2v) is 10.3. The van der Waals surface area contributed by atoms with Crippen molar-refractivity contribution >= 4 is 44.3 Å². The number of carbonyl (C=O) groups is 2. The van der Waals surface area contributed by atoms with Gasteiger partial charge in [0.15, 0.2) is 0 Å². The van der Waals surface area contributed by atoms with Gasteiger partial charge < -0.3 is 15.4 Å². The van der Waals surface area contributed by atoms with Gasteiger partial charge in [0.25, 0.3) is 11.8 Å². The normalized spacial score (nSPS) is 15.1. The lowest BCUT2D eigenvalue weighted by atomic mass is 10.1. The van der Waals surface area contributed by atoms with Gasteiger partial charge in [-0.3, -0.25) is 19.3 Å². The Morgan fingerprint density at radius 3 is 2.58 bits per heavy atom. The number of alkyl halides is 3. The molecule has 13 heteroatoms. The monoisotopic (exact) mass is 616 g/mol. The Morgan fingerprint density at radius 1 is 1.15 bits per heavy atom. The van der Waals surface area contributed by atoms with Gasteiger partial charge in [0.05, 0.1) is 52.1 Å². The molecule has 4 aromatic rings. The summed E-state index contributed by atoms with van der Waals surface area (Å²) >= 11 is 3.30. The molecule has 2 amide bonds. The standard InChI is InChI=1S/C27H24BrF3N6O3/c1-14-24(35-26(39)21-10-23(27(29,30)31)34-22-6-4-17(28)9-20(21)22)15(2)37(36-14)13-18-5-3-16(11-32-18)25(38)33-12-19-7-8-40-19/h3-6,9-11,19H,7-8,12-13H2,1-2H3,(H,33,38)(H,35,39). The number of benzene rings is 1. The summed E-state index contributed by atoms with van der Waals surface area (Å²) in [6, 6.07) is 8.66. The number of aryl methyl sites for hydroxylation is 1. The van der Waals surface area contributed by atoms with E-state index in [9.17, 15) is 22.8 Å². The predicted molar refractivity (Wildman–Crippen MR) is 144 cm³/mol.